The average Bonchev–Trinajstić information content (AvgIpc) is 2.48. The topological polar surface area (TPSA) is 41.6 Å². The molecule has 1 aromatic rings. The molecule has 24 heavy (non-hydrogen) atoms. The number of carbonyl (C=O) groups excluding carboxylic acids is 1. The zero-order valence-electron chi connectivity index (χ0n) is 15.9. The molecule has 1 aliphatic heterocycles. The van der Waals surface area contributed by atoms with E-state index in [1.807, 2.05) is 26.8 Å². The van der Waals surface area contributed by atoms with E-state index < -0.39 is 5.60 Å². The second-order valence-corrected chi connectivity index (χ2v) is 8.10. The van der Waals surface area contributed by atoms with Gasteiger partial charge in [-0.15, -0.1) is 0 Å². The SMILES string of the molecule is C[C@@H]1C[C@H](NC(=O)OC(C)(C)C)[C@H](C)N(Cc2ccccc2)[C@@H]1C. The van der Waals surface area contributed by atoms with Crippen LogP contribution in [0.25, 0.3) is 0 Å². The third kappa shape index (κ3) is 4.97. The predicted molar refractivity (Wildman–Crippen MR) is 97.8 cm³/mol. The Kier molecular flexibility index (Phi) is 5.92. The monoisotopic (exact) mass is 332 g/mol. The van der Waals surface area contributed by atoms with Crippen molar-refractivity contribution >= 4 is 6.09 Å². The number of piperidine rings is 1. The number of hydrogen-bond acceptors (Lipinski definition) is 3. The second-order valence-electron chi connectivity index (χ2n) is 8.10. The van der Waals surface area contributed by atoms with Gasteiger partial charge in [-0.2, -0.15) is 0 Å². The molecular formula is C20H32N2O2. The molecule has 1 amide bonds. The zero-order chi connectivity index (χ0) is 17.9. The van der Waals surface area contributed by atoms with Gasteiger partial charge in [0.25, 0.3) is 0 Å². The van der Waals surface area contributed by atoms with Gasteiger partial charge in [0.05, 0.1) is 0 Å². The lowest BCUT2D eigenvalue weighted by molar-refractivity contribution is 0.0161. The average molecular weight is 332 g/mol. The summed E-state index contributed by atoms with van der Waals surface area (Å²) in [7, 11) is 0. The molecule has 0 unspecified atom stereocenters. The normalized spacial score (nSPS) is 28.4. The molecule has 1 heterocycles. The van der Waals surface area contributed by atoms with Gasteiger partial charge in [0.1, 0.15) is 5.60 Å². The van der Waals surface area contributed by atoms with Crippen molar-refractivity contribution in [3.8, 4) is 0 Å². The summed E-state index contributed by atoms with van der Waals surface area (Å²) in [6.07, 6.45) is 0.660. The van der Waals surface area contributed by atoms with Crippen LogP contribution in [0.4, 0.5) is 4.79 Å². The van der Waals surface area contributed by atoms with E-state index in [2.05, 4.69) is 55.3 Å². The first-order chi connectivity index (χ1) is 11.2. The summed E-state index contributed by atoms with van der Waals surface area (Å²) in [5.41, 5.74) is 0.839. The third-order valence-electron chi connectivity index (χ3n) is 4.99. The highest BCUT2D eigenvalue weighted by Gasteiger charge is 2.37. The minimum Gasteiger partial charge on any atom is -0.444 e. The molecule has 1 aromatic carbocycles. The van der Waals surface area contributed by atoms with Crippen LogP contribution in [0.3, 0.4) is 0 Å². The molecule has 1 aliphatic rings. The lowest BCUT2D eigenvalue weighted by Crippen LogP contribution is -2.59. The molecule has 0 bridgehead atoms. The molecule has 0 saturated carbocycles. The molecule has 0 aromatic heterocycles. The molecule has 0 spiro atoms. The number of alkyl carbamates (subject to hydrolysis) is 1. The number of nitrogens with zero attached hydrogens (tertiary/aromatic N) is 1. The van der Waals surface area contributed by atoms with E-state index in [4.69, 9.17) is 4.74 Å². The maximum absolute atomic E-state index is 12.2. The number of carbonyl (C=O) groups is 1. The number of amides is 1. The molecule has 4 atom stereocenters. The molecule has 0 aliphatic carbocycles. The van der Waals surface area contributed by atoms with Crippen molar-refractivity contribution in [3.63, 3.8) is 0 Å². The molecule has 2 rings (SSSR count). The molecule has 134 valence electrons. The Morgan fingerprint density at radius 3 is 2.38 bits per heavy atom. The predicted octanol–water partition coefficient (Wildman–Crippen LogP) is 4.20. The van der Waals surface area contributed by atoms with E-state index in [1.165, 1.54) is 5.56 Å². The fourth-order valence-corrected chi connectivity index (χ4v) is 3.44. The highest BCUT2D eigenvalue weighted by molar-refractivity contribution is 5.68. The van der Waals surface area contributed by atoms with E-state index in [-0.39, 0.29) is 18.2 Å². The van der Waals surface area contributed by atoms with Crippen molar-refractivity contribution < 1.29 is 9.53 Å². The smallest absolute Gasteiger partial charge is 0.407 e. The molecule has 1 fully saturated rings. The number of ether oxygens (including phenoxy) is 1. The van der Waals surface area contributed by atoms with Crippen LogP contribution >= 0.6 is 0 Å². The first-order valence-corrected chi connectivity index (χ1v) is 8.96. The summed E-state index contributed by atoms with van der Waals surface area (Å²) < 4.78 is 5.44. The standard InChI is InChI=1S/C20H32N2O2/c1-14-12-18(21-19(23)24-20(4,5)6)16(3)22(15(14)2)13-17-10-8-7-9-11-17/h7-11,14-16,18H,12-13H2,1-6H3,(H,21,23)/t14-,15-,16+,18+/m1/s1. The van der Waals surface area contributed by atoms with Gasteiger partial charge in [-0.1, -0.05) is 37.3 Å². The van der Waals surface area contributed by atoms with E-state index in [1.54, 1.807) is 0 Å². The quantitative estimate of drug-likeness (QED) is 0.902. The van der Waals surface area contributed by atoms with Crippen LogP contribution in [-0.4, -0.2) is 34.7 Å². The van der Waals surface area contributed by atoms with E-state index in [0.29, 0.717) is 12.0 Å². The Morgan fingerprint density at radius 1 is 1.17 bits per heavy atom. The molecule has 0 radical (unpaired) electrons. The maximum Gasteiger partial charge on any atom is 0.407 e. The second kappa shape index (κ2) is 7.56. The summed E-state index contributed by atoms with van der Waals surface area (Å²) >= 11 is 0. The summed E-state index contributed by atoms with van der Waals surface area (Å²) in [6.45, 7) is 13.3. The zero-order valence-corrected chi connectivity index (χ0v) is 15.9. The van der Waals surface area contributed by atoms with Crippen LogP contribution in [0.15, 0.2) is 30.3 Å². The fourth-order valence-electron chi connectivity index (χ4n) is 3.44. The van der Waals surface area contributed by atoms with Crippen LogP contribution in [0, 0.1) is 5.92 Å². The van der Waals surface area contributed by atoms with Gasteiger partial charge >= 0.3 is 6.09 Å². The lowest BCUT2D eigenvalue weighted by atomic mass is 9.84. The minimum absolute atomic E-state index is 0.106. The molecule has 4 heteroatoms. The van der Waals surface area contributed by atoms with Crippen molar-refractivity contribution in [2.24, 2.45) is 5.92 Å². The van der Waals surface area contributed by atoms with E-state index in [0.717, 1.165) is 13.0 Å². The molecule has 4 nitrogen and oxygen atoms in total. The van der Waals surface area contributed by atoms with Crippen LogP contribution in [0.5, 0.6) is 0 Å². The molecule has 1 N–H and O–H groups in total. The van der Waals surface area contributed by atoms with Gasteiger partial charge in [0.15, 0.2) is 0 Å². The van der Waals surface area contributed by atoms with Crippen LogP contribution in [0.2, 0.25) is 0 Å². The summed E-state index contributed by atoms with van der Waals surface area (Å²) in [4.78, 5) is 14.7. The van der Waals surface area contributed by atoms with Crippen LogP contribution in [-0.2, 0) is 11.3 Å². The van der Waals surface area contributed by atoms with Crippen LogP contribution in [0.1, 0.15) is 53.5 Å². The summed E-state index contributed by atoms with van der Waals surface area (Å²) in [5.74, 6) is 0.518. The van der Waals surface area contributed by atoms with Gasteiger partial charge in [-0.3, -0.25) is 4.90 Å². The summed E-state index contributed by atoms with van der Waals surface area (Å²) in [6, 6.07) is 11.4. The lowest BCUT2D eigenvalue weighted by Gasteiger charge is -2.47. The van der Waals surface area contributed by atoms with Gasteiger partial charge in [-0.05, 0) is 52.5 Å². The Hall–Kier alpha value is -1.55. The van der Waals surface area contributed by atoms with Crippen molar-refractivity contribution in [2.75, 3.05) is 0 Å². The molecule has 1 saturated heterocycles. The van der Waals surface area contributed by atoms with E-state index in [9.17, 15) is 4.79 Å². The highest BCUT2D eigenvalue weighted by Crippen LogP contribution is 2.29. The van der Waals surface area contributed by atoms with Crippen molar-refractivity contribution in [1.82, 2.24) is 10.2 Å². The van der Waals surface area contributed by atoms with Gasteiger partial charge in [0.2, 0.25) is 0 Å². The Morgan fingerprint density at radius 2 is 1.79 bits per heavy atom. The number of benzene rings is 1. The third-order valence-corrected chi connectivity index (χ3v) is 4.99. The molecular weight excluding hydrogens is 300 g/mol. The first-order valence-electron chi connectivity index (χ1n) is 8.96. The number of nitrogens with one attached hydrogen (secondary N) is 1. The first kappa shape index (κ1) is 18.8. The number of rotatable bonds is 3. The van der Waals surface area contributed by atoms with Crippen molar-refractivity contribution in [2.45, 2.75) is 78.2 Å². The highest BCUT2D eigenvalue weighted by atomic mass is 16.6. The fraction of sp³-hybridized carbons (Fsp3) is 0.650. The number of hydrogen-bond donors (Lipinski definition) is 1. The largest absolute Gasteiger partial charge is 0.444 e. The minimum atomic E-state index is -0.468. The van der Waals surface area contributed by atoms with Crippen molar-refractivity contribution in [3.05, 3.63) is 35.9 Å². The maximum atomic E-state index is 12.2. The van der Waals surface area contributed by atoms with Gasteiger partial charge in [0, 0.05) is 24.7 Å². The Bertz CT molecular complexity index is 538. The van der Waals surface area contributed by atoms with Crippen LogP contribution < -0.4 is 5.32 Å². The Labute approximate surface area is 146 Å². The van der Waals surface area contributed by atoms with Gasteiger partial charge < -0.3 is 10.1 Å². The number of likely N-dealkylation sites (tertiary alicyclic amines) is 1. The summed E-state index contributed by atoms with van der Waals surface area (Å²) in [5, 5.41) is 3.09. The van der Waals surface area contributed by atoms with Crippen molar-refractivity contribution in [1.29, 1.82) is 0 Å². The van der Waals surface area contributed by atoms with Gasteiger partial charge in [-0.25, -0.2) is 4.79 Å². The van der Waals surface area contributed by atoms with E-state index >= 15 is 0 Å². The Balaban J connectivity index is 2.07.